The Morgan fingerprint density at radius 2 is 1.94 bits per heavy atom. The minimum absolute atomic E-state index is 0.0574. The van der Waals surface area contributed by atoms with Crippen LogP contribution in [0.4, 0.5) is 0 Å². The predicted molar refractivity (Wildman–Crippen MR) is 75.2 cm³/mol. The Bertz CT molecular complexity index is 387. The van der Waals surface area contributed by atoms with Crippen LogP contribution in [0.15, 0.2) is 42.5 Å². The van der Waals surface area contributed by atoms with E-state index in [1.54, 1.807) is 0 Å². The lowest BCUT2D eigenvalue weighted by Gasteiger charge is -2.19. The van der Waals surface area contributed by atoms with E-state index in [2.05, 4.69) is 16.8 Å². The molecule has 3 nitrogen and oxygen atoms in total. The third-order valence-electron chi connectivity index (χ3n) is 2.64. The van der Waals surface area contributed by atoms with E-state index in [0.29, 0.717) is 13.1 Å². The highest BCUT2D eigenvalue weighted by Crippen LogP contribution is 1.98. The van der Waals surface area contributed by atoms with E-state index in [1.165, 1.54) is 0 Å². The average molecular weight is 246 g/mol. The van der Waals surface area contributed by atoms with Crippen LogP contribution in [0.25, 0.3) is 0 Å². The van der Waals surface area contributed by atoms with Gasteiger partial charge in [0, 0.05) is 13.1 Å². The lowest BCUT2D eigenvalue weighted by Crippen LogP contribution is -2.37. The molecule has 3 heteroatoms. The molecule has 18 heavy (non-hydrogen) atoms. The second-order valence-electron chi connectivity index (χ2n) is 4.52. The van der Waals surface area contributed by atoms with Crippen molar-refractivity contribution in [3.8, 4) is 0 Å². The van der Waals surface area contributed by atoms with Gasteiger partial charge in [0.1, 0.15) is 0 Å². The van der Waals surface area contributed by atoms with Gasteiger partial charge in [0.2, 0.25) is 5.91 Å². The normalized spacial score (nSPS) is 10.4. The van der Waals surface area contributed by atoms with Crippen molar-refractivity contribution >= 4 is 5.91 Å². The number of likely N-dealkylation sites (N-methyl/N-ethyl adjacent to an activating group) is 1. The van der Waals surface area contributed by atoms with Gasteiger partial charge in [-0.1, -0.05) is 49.4 Å². The van der Waals surface area contributed by atoms with Crippen LogP contribution >= 0.6 is 0 Å². The quantitative estimate of drug-likeness (QED) is 0.748. The standard InChI is InChI=1S/C15H22N2O/c1-4-17(11-13(2)3)12-15(18)16-10-14-8-6-5-7-9-14/h5-9H,2,4,10-12H2,1,3H3,(H,16,18). The van der Waals surface area contributed by atoms with Gasteiger partial charge in [-0.05, 0) is 19.0 Å². The van der Waals surface area contributed by atoms with Gasteiger partial charge >= 0.3 is 0 Å². The summed E-state index contributed by atoms with van der Waals surface area (Å²) in [5.41, 5.74) is 2.20. The van der Waals surface area contributed by atoms with Gasteiger partial charge in [-0.25, -0.2) is 0 Å². The van der Waals surface area contributed by atoms with Crippen LogP contribution in [0.3, 0.4) is 0 Å². The molecule has 0 radical (unpaired) electrons. The predicted octanol–water partition coefficient (Wildman–Crippen LogP) is 2.20. The lowest BCUT2D eigenvalue weighted by molar-refractivity contribution is -0.122. The first kappa shape index (κ1) is 14.5. The number of benzene rings is 1. The van der Waals surface area contributed by atoms with Crippen LogP contribution in [0.2, 0.25) is 0 Å². The van der Waals surface area contributed by atoms with Crippen molar-refractivity contribution in [2.45, 2.75) is 20.4 Å². The number of hydrogen-bond acceptors (Lipinski definition) is 2. The minimum Gasteiger partial charge on any atom is -0.351 e. The average Bonchev–Trinajstić information content (AvgIpc) is 2.36. The zero-order chi connectivity index (χ0) is 13.4. The fourth-order valence-corrected chi connectivity index (χ4v) is 1.72. The molecule has 0 heterocycles. The molecule has 0 aromatic heterocycles. The summed E-state index contributed by atoms with van der Waals surface area (Å²) in [6.07, 6.45) is 0. The fraction of sp³-hybridized carbons (Fsp3) is 0.400. The minimum atomic E-state index is 0.0574. The Labute approximate surface area is 109 Å². The van der Waals surface area contributed by atoms with E-state index in [-0.39, 0.29) is 5.91 Å². The first-order valence-corrected chi connectivity index (χ1v) is 6.29. The summed E-state index contributed by atoms with van der Waals surface area (Å²) < 4.78 is 0. The zero-order valence-electron chi connectivity index (χ0n) is 11.3. The molecule has 1 rings (SSSR count). The highest BCUT2D eigenvalue weighted by Gasteiger charge is 2.08. The molecule has 0 spiro atoms. The van der Waals surface area contributed by atoms with Gasteiger partial charge < -0.3 is 5.32 Å². The zero-order valence-corrected chi connectivity index (χ0v) is 11.3. The van der Waals surface area contributed by atoms with Crippen molar-refractivity contribution in [2.75, 3.05) is 19.6 Å². The molecule has 1 aromatic rings. The Kier molecular flexibility index (Phi) is 6.15. The monoisotopic (exact) mass is 246 g/mol. The molecule has 0 saturated heterocycles. The van der Waals surface area contributed by atoms with Crippen LogP contribution in [-0.4, -0.2) is 30.4 Å². The van der Waals surface area contributed by atoms with Gasteiger partial charge in [-0.3, -0.25) is 9.69 Å². The van der Waals surface area contributed by atoms with Crippen LogP contribution in [0, 0.1) is 0 Å². The molecule has 0 fully saturated rings. The van der Waals surface area contributed by atoms with E-state index in [4.69, 9.17) is 0 Å². The van der Waals surface area contributed by atoms with Crippen LogP contribution < -0.4 is 5.32 Å². The highest BCUT2D eigenvalue weighted by atomic mass is 16.2. The summed E-state index contributed by atoms with van der Waals surface area (Å²) in [5.74, 6) is 0.0574. The van der Waals surface area contributed by atoms with Gasteiger partial charge in [-0.15, -0.1) is 0 Å². The van der Waals surface area contributed by atoms with Gasteiger partial charge in [0.25, 0.3) is 0 Å². The molecule has 1 amide bonds. The topological polar surface area (TPSA) is 32.3 Å². The second-order valence-corrected chi connectivity index (χ2v) is 4.52. The first-order chi connectivity index (χ1) is 8.61. The molecular formula is C15H22N2O. The lowest BCUT2D eigenvalue weighted by atomic mass is 10.2. The maximum absolute atomic E-state index is 11.8. The third-order valence-corrected chi connectivity index (χ3v) is 2.64. The second kappa shape index (κ2) is 7.67. The number of amides is 1. The summed E-state index contributed by atoms with van der Waals surface area (Å²) in [7, 11) is 0. The molecule has 0 atom stereocenters. The molecular weight excluding hydrogens is 224 g/mol. The van der Waals surface area contributed by atoms with Crippen LogP contribution in [-0.2, 0) is 11.3 Å². The maximum Gasteiger partial charge on any atom is 0.234 e. The van der Waals surface area contributed by atoms with Crippen molar-refractivity contribution in [3.63, 3.8) is 0 Å². The summed E-state index contributed by atoms with van der Waals surface area (Å²) in [5, 5.41) is 2.93. The van der Waals surface area contributed by atoms with Crippen molar-refractivity contribution in [1.29, 1.82) is 0 Å². The van der Waals surface area contributed by atoms with E-state index >= 15 is 0 Å². The summed E-state index contributed by atoms with van der Waals surface area (Å²) in [4.78, 5) is 13.9. The number of rotatable bonds is 7. The summed E-state index contributed by atoms with van der Waals surface area (Å²) in [6.45, 7) is 10.5. The molecule has 1 N–H and O–H groups in total. The first-order valence-electron chi connectivity index (χ1n) is 6.29. The molecule has 1 aromatic carbocycles. The molecule has 0 aliphatic heterocycles. The van der Waals surface area contributed by atoms with E-state index < -0.39 is 0 Å². The van der Waals surface area contributed by atoms with Crippen molar-refractivity contribution in [2.24, 2.45) is 0 Å². The van der Waals surface area contributed by atoms with Gasteiger partial charge in [-0.2, -0.15) is 0 Å². The van der Waals surface area contributed by atoms with Gasteiger partial charge in [0.05, 0.1) is 6.54 Å². The number of carbonyl (C=O) groups excluding carboxylic acids is 1. The van der Waals surface area contributed by atoms with E-state index in [0.717, 1.165) is 24.2 Å². The van der Waals surface area contributed by atoms with Crippen LogP contribution in [0.5, 0.6) is 0 Å². The molecule has 0 aliphatic rings. The third kappa shape index (κ3) is 5.64. The highest BCUT2D eigenvalue weighted by molar-refractivity contribution is 5.78. The molecule has 0 saturated carbocycles. The van der Waals surface area contributed by atoms with E-state index in [1.807, 2.05) is 44.2 Å². The Hall–Kier alpha value is -1.61. The Balaban J connectivity index is 2.34. The smallest absolute Gasteiger partial charge is 0.234 e. The van der Waals surface area contributed by atoms with Gasteiger partial charge in [0.15, 0.2) is 0 Å². The van der Waals surface area contributed by atoms with E-state index in [9.17, 15) is 4.79 Å². The maximum atomic E-state index is 11.8. The number of carbonyl (C=O) groups is 1. The number of nitrogens with one attached hydrogen (secondary N) is 1. The summed E-state index contributed by atoms with van der Waals surface area (Å²) in [6, 6.07) is 9.93. The van der Waals surface area contributed by atoms with Crippen molar-refractivity contribution in [1.82, 2.24) is 10.2 Å². The van der Waals surface area contributed by atoms with Crippen molar-refractivity contribution < 1.29 is 4.79 Å². The van der Waals surface area contributed by atoms with Crippen LogP contribution in [0.1, 0.15) is 19.4 Å². The largest absolute Gasteiger partial charge is 0.351 e. The SMILES string of the molecule is C=C(C)CN(CC)CC(=O)NCc1ccccc1. The molecule has 0 aliphatic carbocycles. The van der Waals surface area contributed by atoms with Crippen molar-refractivity contribution in [3.05, 3.63) is 48.0 Å². The Morgan fingerprint density at radius 1 is 1.28 bits per heavy atom. The number of nitrogens with zero attached hydrogens (tertiary/aromatic N) is 1. The number of hydrogen-bond donors (Lipinski definition) is 1. The Morgan fingerprint density at radius 3 is 2.50 bits per heavy atom. The molecule has 98 valence electrons. The fourth-order valence-electron chi connectivity index (χ4n) is 1.72. The summed E-state index contributed by atoms with van der Waals surface area (Å²) >= 11 is 0. The molecule has 0 unspecified atom stereocenters. The molecule has 0 bridgehead atoms.